The summed E-state index contributed by atoms with van der Waals surface area (Å²) in [6.45, 7) is 4.63. The van der Waals surface area contributed by atoms with E-state index in [0.717, 1.165) is 11.3 Å². The van der Waals surface area contributed by atoms with Gasteiger partial charge in [-0.15, -0.1) is 0 Å². The minimum atomic E-state index is -0.120. The summed E-state index contributed by atoms with van der Waals surface area (Å²) in [5, 5.41) is 4.13. The number of hydrogen-bond acceptors (Lipinski definition) is 6. The predicted molar refractivity (Wildman–Crippen MR) is 108 cm³/mol. The Hall–Kier alpha value is -3.35. The fourth-order valence-electron chi connectivity index (χ4n) is 3.51. The van der Waals surface area contributed by atoms with Gasteiger partial charge in [-0.25, -0.2) is 0 Å². The third-order valence-corrected chi connectivity index (χ3v) is 5.37. The fraction of sp³-hybridized carbons (Fsp3) is 0.318. The first-order valence-electron chi connectivity index (χ1n) is 9.43. The summed E-state index contributed by atoms with van der Waals surface area (Å²) in [5.74, 6) is 2.08. The second-order valence-corrected chi connectivity index (χ2v) is 7.20. The van der Waals surface area contributed by atoms with Crippen molar-refractivity contribution >= 4 is 11.6 Å². The van der Waals surface area contributed by atoms with Crippen molar-refractivity contribution in [3.8, 4) is 23.0 Å². The molecule has 0 spiro atoms. The number of aromatic nitrogens is 2. The molecule has 1 amide bonds. The van der Waals surface area contributed by atoms with Gasteiger partial charge < -0.3 is 18.9 Å². The molecule has 0 saturated carbocycles. The molecule has 7 nitrogen and oxygen atoms in total. The first kappa shape index (κ1) is 19.0. The number of methoxy groups -OCH3 is 2. The smallest absolute Gasteiger partial charge is 0.261 e. The highest BCUT2D eigenvalue weighted by atomic mass is 16.5. The van der Waals surface area contributed by atoms with E-state index in [-0.39, 0.29) is 11.8 Å². The number of anilines is 1. The van der Waals surface area contributed by atoms with Gasteiger partial charge in [0.15, 0.2) is 5.82 Å². The second kappa shape index (κ2) is 7.58. The van der Waals surface area contributed by atoms with Crippen molar-refractivity contribution in [1.82, 2.24) is 10.1 Å². The number of carbonyl (C=O) groups is 1. The number of ether oxygens (including phenoxy) is 2. The van der Waals surface area contributed by atoms with Crippen molar-refractivity contribution in [2.45, 2.75) is 26.2 Å². The summed E-state index contributed by atoms with van der Waals surface area (Å²) < 4.78 is 16.1. The van der Waals surface area contributed by atoms with Crippen molar-refractivity contribution in [2.75, 3.05) is 25.7 Å². The molecule has 2 aromatic carbocycles. The average molecular weight is 393 g/mol. The number of nitrogens with zero attached hydrogens (tertiary/aromatic N) is 3. The molecule has 3 aromatic rings. The van der Waals surface area contributed by atoms with Gasteiger partial charge in [0.1, 0.15) is 11.5 Å². The zero-order valence-electron chi connectivity index (χ0n) is 16.9. The topological polar surface area (TPSA) is 77.7 Å². The van der Waals surface area contributed by atoms with Gasteiger partial charge in [0, 0.05) is 30.6 Å². The normalized spacial score (nSPS) is 16.3. The van der Waals surface area contributed by atoms with E-state index >= 15 is 0 Å². The Kier molecular flexibility index (Phi) is 4.96. The van der Waals surface area contributed by atoms with Crippen LogP contribution in [-0.4, -0.2) is 36.8 Å². The Morgan fingerprint density at radius 3 is 2.62 bits per heavy atom. The van der Waals surface area contributed by atoms with Crippen LogP contribution in [0.25, 0.3) is 11.5 Å². The molecule has 1 aliphatic rings. The molecular formula is C22H23N3O4. The molecule has 1 fully saturated rings. The van der Waals surface area contributed by atoms with E-state index in [2.05, 4.69) is 17.1 Å². The van der Waals surface area contributed by atoms with Crippen LogP contribution in [0.2, 0.25) is 0 Å². The molecule has 0 aliphatic carbocycles. The molecule has 1 aliphatic heterocycles. The van der Waals surface area contributed by atoms with E-state index in [1.807, 2.05) is 37.3 Å². The van der Waals surface area contributed by atoms with Gasteiger partial charge in [-0.05, 0) is 49.2 Å². The van der Waals surface area contributed by atoms with Crippen LogP contribution in [0.4, 0.5) is 5.69 Å². The molecule has 2 heterocycles. The van der Waals surface area contributed by atoms with Gasteiger partial charge in [-0.2, -0.15) is 4.98 Å². The zero-order chi connectivity index (χ0) is 20.5. The summed E-state index contributed by atoms with van der Waals surface area (Å²) in [5.41, 5.74) is 3.95. The van der Waals surface area contributed by atoms with E-state index < -0.39 is 0 Å². The van der Waals surface area contributed by atoms with Crippen molar-refractivity contribution in [1.29, 1.82) is 0 Å². The number of aryl methyl sites for hydroxylation is 2. The monoisotopic (exact) mass is 393 g/mol. The summed E-state index contributed by atoms with van der Waals surface area (Å²) in [7, 11) is 3.17. The average Bonchev–Trinajstić information content (AvgIpc) is 3.36. The van der Waals surface area contributed by atoms with Crippen LogP contribution in [0, 0.1) is 13.8 Å². The Morgan fingerprint density at radius 2 is 1.90 bits per heavy atom. The van der Waals surface area contributed by atoms with E-state index in [1.165, 1.54) is 5.56 Å². The van der Waals surface area contributed by atoms with E-state index in [4.69, 9.17) is 14.0 Å². The lowest BCUT2D eigenvalue weighted by atomic mass is 10.1. The quantitative estimate of drug-likeness (QED) is 0.654. The molecule has 1 aromatic heterocycles. The highest BCUT2D eigenvalue weighted by Crippen LogP contribution is 2.35. The number of hydrogen-bond donors (Lipinski definition) is 0. The van der Waals surface area contributed by atoms with Gasteiger partial charge in [-0.1, -0.05) is 11.2 Å². The van der Waals surface area contributed by atoms with E-state index in [1.54, 1.807) is 25.2 Å². The summed E-state index contributed by atoms with van der Waals surface area (Å²) in [6.07, 6.45) is 0.353. The Bertz CT molecular complexity index is 1060. The lowest BCUT2D eigenvalue weighted by molar-refractivity contribution is -0.117. The largest absolute Gasteiger partial charge is 0.497 e. The Morgan fingerprint density at radius 1 is 1.07 bits per heavy atom. The van der Waals surface area contributed by atoms with Gasteiger partial charge in [0.25, 0.3) is 5.89 Å². The molecule has 1 atom stereocenters. The molecule has 7 heteroatoms. The first-order valence-corrected chi connectivity index (χ1v) is 9.43. The minimum Gasteiger partial charge on any atom is -0.497 e. The van der Waals surface area contributed by atoms with Crippen LogP contribution >= 0.6 is 0 Å². The van der Waals surface area contributed by atoms with Crippen LogP contribution in [0.1, 0.15) is 29.3 Å². The molecule has 4 rings (SSSR count). The van der Waals surface area contributed by atoms with Gasteiger partial charge in [0.2, 0.25) is 5.91 Å². The van der Waals surface area contributed by atoms with Crippen molar-refractivity contribution in [3.05, 3.63) is 53.3 Å². The van der Waals surface area contributed by atoms with Crippen molar-refractivity contribution in [2.24, 2.45) is 0 Å². The zero-order valence-corrected chi connectivity index (χ0v) is 16.9. The summed E-state index contributed by atoms with van der Waals surface area (Å²) >= 11 is 0. The lowest BCUT2D eigenvalue weighted by Crippen LogP contribution is -2.24. The number of rotatable bonds is 5. The van der Waals surface area contributed by atoms with Crippen molar-refractivity contribution in [3.63, 3.8) is 0 Å². The first-order chi connectivity index (χ1) is 14.0. The lowest BCUT2D eigenvalue weighted by Gasteiger charge is -2.17. The van der Waals surface area contributed by atoms with E-state index in [0.29, 0.717) is 41.7 Å². The molecule has 1 saturated heterocycles. The van der Waals surface area contributed by atoms with Crippen LogP contribution in [0.3, 0.4) is 0 Å². The van der Waals surface area contributed by atoms with Crippen LogP contribution < -0.4 is 14.4 Å². The maximum absolute atomic E-state index is 12.6. The summed E-state index contributed by atoms with van der Waals surface area (Å²) in [4.78, 5) is 18.9. The van der Waals surface area contributed by atoms with Crippen LogP contribution in [0.15, 0.2) is 40.9 Å². The predicted octanol–water partition coefficient (Wildman–Crippen LogP) is 3.89. The number of carbonyl (C=O) groups excluding carboxylic acids is 1. The molecule has 150 valence electrons. The van der Waals surface area contributed by atoms with E-state index in [9.17, 15) is 4.79 Å². The molecular weight excluding hydrogens is 370 g/mol. The number of amides is 1. The maximum Gasteiger partial charge on any atom is 0.261 e. The summed E-state index contributed by atoms with van der Waals surface area (Å²) in [6, 6.07) is 11.4. The fourth-order valence-corrected chi connectivity index (χ4v) is 3.51. The Balaban J connectivity index is 1.57. The third kappa shape index (κ3) is 3.55. The van der Waals surface area contributed by atoms with Crippen LogP contribution in [0.5, 0.6) is 11.5 Å². The highest BCUT2D eigenvalue weighted by molar-refractivity contribution is 5.96. The Labute approximate surface area is 169 Å². The van der Waals surface area contributed by atoms with Crippen LogP contribution in [-0.2, 0) is 4.79 Å². The SMILES string of the molecule is COc1ccc(-c2nc(C3CC(=O)N(c4ccc(C)c(C)c4)C3)no2)c(OC)c1. The second-order valence-electron chi connectivity index (χ2n) is 7.20. The van der Waals surface area contributed by atoms with Gasteiger partial charge >= 0.3 is 0 Å². The van der Waals surface area contributed by atoms with Gasteiger partial charge in [-0.3, -0.25) is 4.79 Å². The standard InChI is InChI=1S/C22H23N3O4/c1-13-5-6-16(9-14(13)2)25-12-15(10-20(25)26)21-23-22(29-24-21)18-8-7-17(27-3)11-19(18)28-4/h5-9,11,15H,10,12H2,1-4H3. The molecule has 0 N–H and O–H groups in total. The number of benzene rings is 2. The van der Waals surface area contributed by atoms with Crippen molar-refractivity contribution < 1.29 is 18.8 Å². The molecule has 0 radical (unpaired) electrons. The maximum atomic E-state index is 12.6. The highest BCUT2D eigenvalue weighted by Gasteiger charge is 2.35. The molecule has 29 heavy (non-hydrogen) atoms. The van der Waals surface area contributed by atoms with Gasteiger partial charge in [0.05, 0.1) is 19.8 Å². The minimum absolute atomic E-state index is 0.0617. The molecule has 0 bridgehead atoms. The molecule has 1 unspecified atom stereocenters. The third-order valence-electron chi connectivity index (χ3n) is 5.37.